The molecule has 4 aromatic rings. The van der Waals surface area contributed by atoms with Crippen LogP contribution in [0.25, 0.3) is 28.2 Å². The molecule has 0 fully saturated rings. The number of aliphatic hydroxyl groups is 1. The summed E-state index contributed by atoms with van der Waals surface area (Å²) in [6.45, 7) is 3.38. The highest BCUT2D eigenvalue weighted by Crippen LogP contribution is 2.32. The highest BCUT2D eigenvalue weighted by molar-refractivity contribution is 7.90. The van der Waals surface area contributed by atoms with Gasteiger partial charge >= 0.3 is 0 Å². The minimum absolute atomic E-state index is 0.282. The van der Waals surface area contributed by atoms with Crippen molar-refractivity contribution in [1.29, 1.82) is 0 Å². The molecule has 0 aliphatic rings. The lowest BCUT2D eigenvalue weighted by atomic mass is 10.1. The van der Waals surface area contributed by atoms with E-state index in [1.54, 1.807) is 44.3 Å². The Labute approximate surface area is 192 Å². The van der Waals surface area contributed by atoms with Gasteiger partial charge in [0.15, 0.2) is 9.84 Å². The first-order valence-corrected chi connectivity index (χ1v) is 12.3. The summed E-state index contributed by atoms with van der Waals surface area (Å²) in [5.74, 6) is 0.625. The topological polar surface area (TPSA) is 72.2 Å². The van der Waals surface area contributed by atoms with Crippen molar-refractivity contribution < 1.29 is 13.5 Å². The average Bonchev–Trinajstić information content (AvgIpc) is 3.19. The molecule has 1 N–H and O–H groups in total. The van der Waals surface area contributed by atoms with Crippen LogP contribution in [-0.2, 0) is 15.4 Å². The molecular formula is C25H23ClN2O3S. The van der Waals surface area contributed by atoms with Crippen LogP contribution in [-0.4, -0.2) is 29.3 Å². The molecule has 5 nitrogen and oxygen atoms in total. The minimum atomic E-state index is -3.28. The second-order valence-corrected chi connectivity index (χ2v) is 10.6. The van der Waals surface area contributed by atoms with E-state index in [1.807, 2.05) is 53.1 Å². The molecule has 0 spiro atoms. The fourth-order valence-corrected chi connectivity index (χ4v) is 4.31. The molecule has 0 amide bonds. The van der Waals surface area contributed by atoms with Crippen LogP contribution in [0, 0.1) is 0 Å². The van der Waals surface area contributed by atoms with Crippen LogP contribution in [0.2, 0.25) is 5.02 Å². The second-order valence-electron chi connectivity index (χ2n) is 8.21. The smallest absolute Gasteiger partial charge is 0.175 e. The van der Waals surface area contributed by atoms with Crippen molar-refractivity contribution in [3.8, 4) is 28.2 Å². The van der Waals surface area contributed by atoms with Gasteiger partial charge in [-0.25, -0.2) is 13.4 Å². The average molecular weight is 467 g/mol. The standard InChI is InChI=1S/C25H23ClN2O3S/c1-25(2,29)23-16-28(24(27-23)21-9-4-5-10-22(21)26)19-13-11-17(12-14-19)18-7-6-8-20(15-18)32(3,30)31/h4-16,29H,1-3H3. The van der Waals surface area contributed by atoms with Crippen LogP contribution in [0.15, 0.2) is 83.9 Å². The highest BCUT2D eigenvalue weighted by atomic mass is 35.5. The number of rotatable bonds is 5. The Morgan fingerprint density at radius 3 is 2.25 bits per heavy atom. The van der Waals surface area contributed by atoms with Gasteiger partial charge in [-0.1, -0.05) is 48.0 Å². The Hall–Kier alpha value is -2.93. The molecule has 0 bridgehead atoms. The number of hydrogen-bond acceptors (Lipinski definition) is 4. The number of halogens is 1. The van der Waals surface area contributed by atoms with E-state index >= 15 is 0 Å². The van der Waals surface area contributed by atoms with Gasteiger partial charge in [-0.3, -0.25) is 4.57 Å². The summed E-state index contributed by atoms with van der Waals surface area (Å²) in [4.78, 5) is 4.95. The van der Waals surface area contributed by atoms with Crippen molar-refractivity contribution in [1.82, 2.24) is 9.55 Å². The summed E-state index contributed by atoms with van der Waals surface area (Å²) in [5, 5.41) is 11.1. The maximum Gasteiger partial charge on any atom is 0.175 e. The lowest BCUT2D eigenvalue weighted by Gasteiger charge is -2.13. The van der Waals surface area contributed by atoms with Crippen molar-refractivity contribution in [2.45, 2.75) is 24.3 Å². The third-order valence-corrected chi connectivity index (χ3v) is 6.63. The molecule has 164 valence electrons. The van der Waals surface area contributed by atoms with Gasteiger partial charge in [-0.15, -0.1) is 0 Å². The van der Waals surface area contributed by atoms with Gasteiger partial charge in [0.1, 0.15) is 11.4 Å². The van der Waals surface area contributed by atoms with Crippen molar-refractivity contribution in [2.75, 3.05) is 6.26 Å². The van der Waals surface area contributed by atoms with Gasteiger partial charge in [0.05, 0.1) is 15.6 Å². The first-order valence-electron chi connectivity index (χ1n) is 10.0. The zero-order valence-corrected chi connectivity index (χ0v) is 19.5. The van der Waals surface area contributed by atoms with Crippen LogP contribution in [0.4, 0.5) is 0 Å². The molecular weight excluding hydrogens is 444 g/mol. The van der Waals surface area contributed by atoms with Crippen LogP contribution in [0.3, 0.4) is 0 Å². The van der Waals surface area contributed by atoms with E-state index in [4.69, 9.17) is 11.6 Å². The van der Waals surface area contributed by atoms with Crippen molar-refractivity contribution >= 4 is 21.4 Å². The van der Waals surface area contributed by atoms with E-state index in [-0.39, 0.29) is 4.90 Å². The molecule has 4 rings (SSSR count). The molecule has 0 aliphatic heterocycles. The largest absolute Gasteiger partial charge is 0.384 e. The summed E-state index contributed by atoms with van der Waals surface area (Å²) >= 11 is 6.43. The molecule has 7 heteroatoms. The molecule has 0 atom stereocenters. The lowest BCUT2D eigenvalue weighted by molar-refractivity contribution is 0.0743. The summed E-state index contributed by atoms with van der Waals surface area (Å²) < 4.78 is 25.7. The summed E-state index contributed by atoms with van der Waals surface area (Å²) in [6, 6.07) is 22.0. The first-order chi connectivity index (χ1) is 15.0. The Morgan fingerprint density at radius 1 is 0.938 bits per heavy atom. The third-order valence-electron chi connectivity index (χ3n) is 5.19. The number of hydrogen-bond donors (Lipinski definition) is 1. The number of benzene rings is 3. The van der Waals surface area contributed by atoms with E-state index in [1.165, 1.54) is 6.26 Å². The van der Waals surface area contributed by atoms with E-state index in [0.717, 1.165) is 22.4 Å². The number of imidazole rings is 1. The van der Waals surface area contributed by atoms with E-state index in [9.17, 15) is 13.5 Å². The molecule has 0 radical (unpaired) electrons. The molecule has 0 saturated heterocycles. The van der Waals surface area contributed by atoms with Crippen LogP contribution >= 0.6 is 11.6 Å². The summed E-state index contributed by atoms with van der Waals surface area (Å²) in [6.07, 6.45) is 3.00. The van der Waals surface area contributed by atoms with Gasteiger partial charge in [0.25, 0.3) is 0 Å². The lowest BCUT2D eigenvalue weighted by Crippen LogP contribution is -2.15. The molecule has 0 saturated carbocycles. The van der Waals surface area contributed by atoms with E-state index in [0.29, 0.717) is 16.5 Å². The third kappa shape index (κ3) is 4.48. The van der Waals surface area contributed by atoms with Gasteiger partial charge in [0, 0.05) is 23.7 Å². The van der Waals surface area contributed by atoms with Crippen molar-refractivity contribution in [2.24, 2.45) is 0 Å². The van der Waals surface area contributed by atoms with Gasteiger partial charge in [-0.05, 0) is 61.4 Å². The predicted octanol–water partition coefficient (Wildman–Crippen LogP) is 5.49. The second kappa shape index (κ2) is 8.20. The SMILES string of the molecule is CC(C)(O)c1cn(-c2ccc(-c3cccc(S(C)(=O)=O)c3)cc2)c(-c2ccccc2Cl)n1. The Bertz CT molecular complexity index is 1390. The quantitative estimate of drug-likeness (QED) is 0.422. The fourth-order valence-electron chi connectivity index (χ4n) is 3.43. The molecule has 1 heterocycles. The van der Waals surface area contributed by atoms with Crippen LogP contribution in [0.5, 0.6) is 0 Å². The highest BCUT2D eigenvalue weighted by Gasteiger charge is 2.23. The monoisotopic (exact) mass is 466 g/mol. The maximum absolute atomic E-state index is 11.9. The molecule has 32 heavy (non-hydrogen) atoms. The number of nitrogens with zero attached hydrogens (tertiary/aromatic N) is 2. The Balaban J connectivity index is 1.80. The maximum atomic E-state index is 11.9. The molecule has 3 aromatic carbocycles. The van der Waals surface area contributed by atoms with Gasteiger partial charge < -0.3 is 5.11 Å². The Morgan fingerprint density at radius 2 is 1.62 bits per heavy atom. The summed E-state index contributed by atoms with van der Waals surface area (Å²) in [7, 11) is -3.28. The fraction of sp³-hybridized carbons (Fsp3) is 0.160. The zero-order chi connectivity index (χ0) is 23.1. The Kier molecular flexibility index (Phi) is 5.71. The van der Waals surface area contributed by atoms with E-state index in [2.05, 4.69) is 4.98 Å². The zero-order valence-electron chi connectivity index (χ0n) is 17.9. The number of sulfone groups is 1. The molecule has 1 aromatic heterocycles. The molecule has 0 unspecified atom stereocenters. The normalized spacial score (nSPS) is 12.2. The van der Waals surface area contributed by atoms with E-state index < -0.39 is 15.4 Å². The molecule has 0 aliphatic carbocycles. The first kappa shape index (κ1) is 22.3. The van der Waals surface area contributed by atoms with Crippen molar-refractivity contribution in [3.63, 3.8) is 0 Å². The predicted molar refractivity (Wildman–Crippen MR) is 128 cm³/mol. The van der Waals surface area contributed by atoms with Crippen molar-refractivity contribution in [3.05, 3.63) is 89.7 Å². The van der Waals surface area contributed by atoms with Gasteiger partial charge in [0.2, 0.25) is 0 Å². The number of aromatic nitrogens is 2. The summed E-state index contributed by atoms with van der Waals surface area (Å²) in [5.41, 5.74) is 2.71. The van der Waals surface area contributed by atoms with Crippen LogP contribution in [0.1, 0.15) is 19.5 Å². The van der Waals surface area contributed by atoms with Crippen LogP contribution < -0.4 is 0 Å². The van der Waals surface area contributed by atoms with Gasteiger partial charge in [-0.2, -0.15) is 0 Å². The minimum Gasteiger partial charge on any atom is -0.384 e.